The van der Waals surface area contributed by atoms with E-state index in [9.17, 15) is 0 Å². The van der Waals surface area contributed by atoms with Gasteiger partial charge < -0.3 is 5.32 Å². The molecule has 1 aromatic rings. The van der Waals surface area contributed by atoms with Crippen LogP contribution in [0.1, 0.15) is 58.4 Å². The molecule has 0 aliphatic heterocycles. The Hall–Kier alpha value is -0.340. The summed E-state index contributed by atoms with van der Waals surface area (Å²) in [4.78, 5) is 0. The normalized spacial score (nSPS) is 12.8. The molecule has 1 rings (SSSR count). The summed E-state index contributed by atoms with van der Waals surface area (Å²) in [7, 11) is 0. The van der Waals surface area contributed by atoms with Crippen molar-refractivity contribution in [3.63, 3.8) is 0 Å². The molecule has 0 aliphatic carbocycles. The van der Waals surface area contributed by atoms with E-state index in [1.54, 1.807) is 0 Å². The van der Waals surface area contributed by atoms with Gasteiger partial charge in [0.2, 0.25) is 0 Å². The van der Waals surface area contributed by atoms with Crippen LogP contribution in [0, 0.1) is 5.92 Å². The second-order valence-electron chi connectivity index (χ2n) is 5.73. The van der Waals surface area contributed by atoms with Crippen LogP contribution in [0.25, 0.3) is 0 Å². The maximum absolute atomic E-state index is 3.79. The molecule has 114 valence electrons. The first-order valence-corrected chi connectivity index (χ1v) is 8.98. The molecule has 0 amide bonds. The fourth-order valence-corrected chi connectivity index (χ4v) is 3.16. The zero-order valence-electron chi connectivity index (χ0n) is 13.3. The van der Waals surface area contributed by atoms with Crippen molar-refractivity contribution in [3.05, 3.63) is 34.3 Å². The molecule has 0 bridgehead atoms. The maximum atomic E-state index is 3.79. The molecular weight excluding hydrogens is 310 g/mol. The first kappa shape index (κ1) is 17.7. The predicted molar refractivity (Wildman–Crippen MR) is 93.2 cm³/mol. The number of nitrogens with one attached hydrogen (secondary N) is 1. The lowest BCUT2D eigenvalue weighted by atomic mass is 9.86. The summed E-state index contributed by atoms with van der Waals surface area (Å²) in [5, 5.41) is 3.79. The van der Waals surface area contributed by atoms with Gasteiger partial charge in [0, 0.05) is 10.5 Å². The Bertz CT molecular complexity index is 341. The Morgan fingerprint density at radius 2 is 1.55 bits per heavy atom. The number of halogens is 1. The van der Waals surface area contributed by atoms with Gasteiger partial charge in [0.05, 0.1) is 0 Å². The lowest BCUT2D eigenvalue weighted by molar-refractivity contribution is 0.308. The van der Waals surface area contributed by atoms with Crippen LogP contribution in [0.15, 0.2) is 28.7 Å². The number of hydrogen-bond donors (Lipinski definition) is 1. The van der Waals surface area contributed by atoms with E-state index in [0.29, 0.717) is 6.04 Å². The largest absolute Gasteiger partial charge is 0.313 e. The maximum Gasteiger partial charge on any atom is 0.0175 e. The Morgan fingerprint density at radius 1 is 0.950 bits per heavy atom. The molecule has 0 aliphatic rings. The molecule has 0 saturated heterocycles. The summed E-state index contributed by atoms with van der Waals surface area (Å²) in [6.07, 6.45) is 7.61. The summed E-state index contributed by atoms with van der Waals surface area (Å²) in [6, 6.07) is 9.43. The van der Waals surface area contributed by atoms with Crippen molar-refractivity contribution in [1.29, 1.82) is 0 Å². The van der Waals surface area contributed by atoms with Gasteiger partial charge in [0.15, 0.2) is 0 Å². The van der Waals surface area contributed by atoms with Crippen molar-refractivity contribution < 1.29 is 0 Å². The summed E-state index contributed by atoms with van der Waals surface area (Å²) in [6.45, 7) is 7.99. The molecule has 0 aromatic heterocycles. The predicted octanol–water partition coefficient (Wildman–Crippen LogP) is 5.58. The second-order valence-corrected chi connectivity index (χ2v) is 6.64. The molecule has 0 spiro atoms. The third kappa shape index (κ3) is 6.41. The number of rotatable bonds is 10. The van der Waals surface area contributed by atoms with Gasteiger partial charge in [-0.05, 0) is 55.8 Å². The van der Waals surface area contributed by atoms with Crippen LogP contribution in [0.2, 0.25) is 0 Å². The number of hydrogen-bond acceptors (Lipinski definition) is 1. The van der Waals surface area contributed by atoms with Crippen LogP contribution in [0.5, 0.6) is 0 Å². The Kier molecular flexibility index (Phi) is 9.21. The van der Waals surface area contributed by atoms with Crippen molar-refractivity contribution in [3.8, 4) is 0 Å². The third-order valence-corrected chi connectivity index (χ3v) is 4.44. The summed E-state index contributed by atoms with van der Waals surface area (Å²) in [5.74, 6) is 0.806. The smallest absolute Gasteiger partial charge is 0.0175 e. The monoisotopic (exact) mass is 339 g/mol. The van der Waals surface area contributed by atoms with Gasteiger partial charge in [0.1, 0.15) is 0 Å². The summed E-state index contributed by atoms with van der Waals surface area (Å²) in [5.41, 5.74) is 1.44. The van der Waals surface area contributed by atoms with E-state index in [2.05, 4.69) is 66.3 Å². The quantitative estimate of drug-likeness (QED) is 0.586. The third-order valence-electron chi connectivity index (χ3n) is 3.91. The highest BCUT2D eigenvalue weighted by molar-refractivity contribution is 9.10. The molecule has 1 nitrogen and oxygen atoms in total. The lowest BCUT2D eigenvalue weighted by Crippen LogP contribution is -2.38. The summed E-state index contributed by atoms with van der Waals surface area (Å²) < 4.78 is 1.16. The first-order chi connectivity index (χ1) is 9.71. The average molecular weight is 340 g/mol. The fourth-order valence-electron chi connectivity index (χ4n) is 2.90. The highest BCUT2D eigenvalue weighted by Crippen LogP contribution is 2.22. The van der Waals surface area contributed by atoms with Gasteiger partial charge in [-0.2, -0.15) is 0 Å². The van der Waals surface area contributed by atoms with Crippen LogP contribution >= 0.6 is 15.9 Å². The molecule has 2 heteroatoms. The van der Waals surface area contributed by atoms with E-state index >= 15 is 0 Å². The molecule has 0 heterocycles. The van der Waals surface area contributed by atoms with Crippen LogP contribution in [0.3, 0.4) is 0 Å². The standard InChI is InChI=1S/C18H30BrN/c1-4-7-16(8-5-2)18(20-13-6-3)14-15-9-11-17(19)12-10-15/h9-12,16,18,20H,4-8,13-14H2,1-3H3. The minimum Gasteiger partial charge on any atom is -0.313 e. The highest BCUT2D eigenvalue weighted by atomic mass is 79.9. The Labute approximate surface area is 133 Å². The zero-order valence-corrected chi connectivity index (χ0v) is 14.9. The molecule has 0 radical (unpaired) electrons. The molecule has 0 fully saturated rings. The molecule has 1 N–H and O–H groups in total. The van der Waals surface area contributed by atoms with Gasteiger partial charge >= 0.3 is 0 Å². The van der Waals surface area contributed by atoms with Gasteiger partial charge in [0.25, 0.3) is 0 Å². The molecule has 20 heavy (non-hydrogen) atoms. The lowest BCUT2D eigenvalue weighted by Gasteiger charge is -2.28. The number of benzene rings is 1. The van der Waals surface area contributed by atoms with Gasteiger partial charge in [-0.3, -0.25) is 0 Å². The van der Waals surface area contributed by atoms with Crippen molar-refractivity contribution >= 4 is 15.9 Å². The summed E-state index contributed by atoms with van der Waals surface area (Å²) >= 11 is 3.52. The van der Waals surface area contributed by atoms with Crippen molar-refractivity contribution in [2.24, 2.45) is 5.92 Å². The van der Waals surface area contributed by atoms with E-state index in [4.69, 9.17) is 0 Å². The van der Waals surface area contributed by atoms with E-state index < -0.39 is 0 Å². The average Bonchev–Trinajstić information content (AvgIpc) is 2.45. The van der Waals surface area contributed by atoms with Gasteiger partial charge in [-0.15, -0.1) is 0 Å². The van der Waals surface area contributed by atoms with Crippen LogP contribution in [-0.4, -0.2) is 12.6 Å². The molecule has 1 unspecified atom stereocenters. The molecule has 0 saturated carbocycles. The van der Waals surface area contributed by atoms with Crippen molar-refractivity contribution in [2.75, 3.05) is 6.54 Å². The molecule has 1 aromatic carbocycles. The second kappa shape index (κ2) is 10.4. The Morgan fingerprint density at radius 3 is 2.05 bits per heavy atom. The van der Waals surface area contributed by atoms with Gasteiger partial charge in [-0.25, -0.2) is 0 Å². The van der Waals surface area contributed by atoms with Gasteiger partial charge in [-0.1, -0.05) is 61.7 Å². The minimum absolute atomic E-state index is 0.621. The SMILES string of the molecule is CCCNC(Cc1ccc(Br)cc1)C(CCC)CCC. The minimum atomic E-state index is 0.621. The Balaban J connectivity index is 2.72. The highest BCUT2D eigenvalue weighted by Gasteiger charge is 2.19. The topological polar surface area (TPSA) is 12.0 Å². The van der Waals surface area contributed by atoms with Crippen molar-refractivity contribution in [2.45, 2.75) is 65.3 Å². The van der Waals surface area contributed by atoms with E-state index in [-0.39, 0.29) is 0 Å². The van der Waals surface area contributed by atoms with Crippen LogP contribution < -0.4 is 5.32 Å². The fraction of sp³-hybridized carbons (Fsp3) is 0.667. The molecular formula is C18H30BrN. The first-order valence-electron chi connectivity index (χ1n) is 8.19. The van der Waals surface area contributed by atoms with Crippen LogP contribution in [-0.2, 0) is 6.42 Å². The molecule has 1 atom stereocenters. The van der Waals surface area contributed by atoms with Crippen molar-refractivity contribution in [1.82, 2.24) is 5.32 Å². The van der Waals surface area contributed by atoms with E-state index in [1.165, 1.54) is 37.7 Å². The zero-order chi connectivity index (χ0) is 14.8. The van der Waals surface area contributed by atoms with E-state index in [0.717, 1.165) is 23.4 Å². The van der Waals surface area contributed by atoms with E-state index in [1.807, 2.05) is 0 Å². The van der Waals surface area contributed by atoms with Crippen LogP contribution in [0.4, 0.5) is 0 Å².